The number of ether oxygens (including phenoxy) is 1. The highest BCUT2D eigenvalue weighted by atomic mass is 16.6. The molecule has 0 fully saturated rings. The average molecular weight is 289 g/mol. The summed E-state index contributed by atoms with van der Waals surface area (Å²) in [6, 6.07) is 8.83. The number of nitro benzene ring substituents is 1. The second-order valence-electron chi connectivity index (χ2n) is 4.51. The number of rotatable bonds is 7. The smallest absolute Gasteiger partial charge is 0.296 e. The maximum absolute atomic E-state index is 11.2. The van der Waals surface area contributed by atoms with Crippen LogP contribution in [0.25, 0.3) is 0 Å². The Hall–Kier alpha value is -2.50. The van der Waals surface area contributed by atoms with Gasteiger partial charge in [0, 0.05) is 18.4 Å². The highest BCUT2D eigenvalue weighted by Gasteiger charge is 2.15. The first-order valence-corrected chi connectivity index (χ1v) is 6.94. The Labute approximate surface area is 123 Å². The number of hydrogen-bond donors (Lipinski definition) is 1. The predicted molar refractivity (Wildman–Crippen MR) is 81.7 cm³/mol. The molecular formula is C15H19N3O3. The van der Waals surface area contributed by atoms with Crippen molar-refractivity contribution in [1.82, 2.24) is 4.57 Å². The minimum absolute atomic E-state index is 0.0237. The van der Waals surface area contributed by atoms with E-state index in [9.17, 15) is 10.1 Å². The SMILES string of the molecule is CCOc1ccc(NCc2cccn2CC)c([N+](=O)[O-])c1. The maximum Gasteiger partial charge on any atom is 0.296 e. The van der Waals surface area contributed by atoms with E-state index in [1.165, 1.54) is 6.07 Å². The minimum Gasteiger partial charge on any atom is -0.494 e. The molecule has 1 N–H and O–H groups in total. The lowest BCUT2D eigenvalue weighted by molar-refractivity contribution is -0.384. The van der Waals surface area contributed by atoms with Gasteiger partial charge in [-0.3, -0.25) is 10.1 Å². The van der Waals surface area contributed by atoms with Gasteiger partial charge < -0.3 is 14.6 Å². The van der Waals surface area contributed by atoms with E-state index < -0.39 is 4.92 Å². The molecule has 0 amide bonds. The number of benzene rings is 1. The summed E-state index contributed by atoms with van der Waals surface area (Å²) in [6.45, 7) is 5.79. The molecule has 0 atom stereocenters. The van der Waals surface area contributed by atoms with Crippen molar-refractivity contribution < 1.29 is 9.66 Å². The molecule has 0 spiro atoms. The molecule has 2 rings (SSSR count). The van der Waals surface area contributed by atoms with Crippen LogP contribution in [0.5, 0.6) is 5.75 Å². The molecule has 2 aromatic rings. The second kappa shape index (κ2) is 6.78. The normalized spacial score (nSPS) is 10.4. The first-order chi connectivity index (χ1) is 10.2. The number of nitro groups is 1. The molecule has 112 valence electrons. The summed E-state index contributed by atoms with van der Waals surface area (Å²) in [5.74, 6) is 0.506. The van der Waals surface area contributed by atoms with E-state index in [4.69, 9.17) is 4.74 Å². The fraction of sp³-hybridized carbons (Fsp3) is 0.333. The highest BCUT2D eigenvalue weighted by molar-refractivity contribution is 5.63. The Morgan fingerprint density at radius 3 is 2.81 bits per heavy atom. The van der Waals surface area contributed by atoms with E-state index in [0.717, 1.165) is 12.2 Å². The number of anilines is 1. The second-order valence-corrected chi connectivity index (χ2v) is 4.51. The molecule has 1 heterocycles. The summed E-state index contributed by atoms with van der Waals surface area (Å²) in [4.78, 5) is 10.8. The van der Waals surface area contributed by atoms with Crippen molar-refractivity contribution in [2.75, 3.05) is 11.9 Å². The van der Waals surface area contributed by atoms with Gasteiger partial charge in [0.1, 0.15) is 11.4 Å². The molecule has 0 radical (unpaired) electrons. The van der Waals surface area contributed by atoms with Crippen LogP contribution in [0.1, 0.15) is 19.5 Å². The summed E-state index contributed by atoms with van der Waals surface area (Å²) >= 11 is 0. The summed E-state index contributed by atoms with van der Waals surface area (Å²) in [6.07, 6.45) is 1.99. The molecule has 0 unspecified atom stereocenters. The molecule has 0 saturated heterocycles. The van der Waals surface area contributed by atoms with Crippen LogP contribution in [0.4, 0.5) is 11.4 Å². The van der Waals surface area contributed by atoms with Gasteiger partial charge in [0.15, 0.2) is 0 Å². The Morgan fingerprint density at radius 2 is 2.14 bits per heavy atom. The van der Waals surface area contributed by atoms with Crippen LogP contribution in [0, 0.1) is 10.1 Å². The number of aromatic nitrogens is 1. The molecule has 6 nitrogen and oxygen atoms in total. The largest absolute Gasteiger partial charge is 0.494 e. The maximum atomic E-state index is 11.2. The Bertz CT molecular complexity index is 622. The van der Waals surface area contributed by atoms with Gasteiger partial charge in [-0.2, -0.15) is 0 Å². The molecule has 0 aliphatic carbocycles. The van der Waals surface area contributed by atoms with E-state index in [2.05, 4.69) is 16.8 Å². The van der Waals surface area contributed by atoms with Crippen molar-refractivity contribution in [3.8, 4) is 5.75 Å². The fourth-order valence-corrected chi connectivity index (χ4v) is 2.17. The molecule has 0 saturated carbocycles. The molecule has 1 aromatic carbocycles. The molecule has 0 bridgehead atoms. The third-order valence-corrected chi connectivity index (χ3v) is 3.20. The zero-order valence-electron chi connectivity index (χ0n) is 12.2. The van der Waals surface area contributed by atoms with Crippen molar-refractivity contribution in [1.29, 1.82) is 0 Å². The standard InChI is InChI=1S/C15H19N3O3/c1-3-17-9-5-6-12(17)11-16-14-8-7-13(21-4-2)10-15(14)18(19)20/h5-10,16H,3-4,11H2,1-2H3. The Balaban J connectivity index is 2.17. The predicted octanol–water partition coefficient (Wildman–Crippen LogP) is 3.43. The van der Waals surface area contributed by atoms with Gasteiger partial charge in [-0.05, 0) is 38.1 Å². The zero-order valence-corrected chi connectivity index (χ0v) is 12.2. The third kappa shape index (κ3) is 3.53. The number of aryl methyl sites for hydroxylation is 1. The quantitative estimate of drug-likeness (QED) is 0.626. The van der Waals surface area contributed by atoms with Gasteiger partial charge in [0.05, 0.1) is 24.1 Å². The van der Waals surface area contributed by atoms with Gasteiger partial charge in [0.25, 0.3) is 5.69 Å². The van der Waals surface area contributed by atoms with Crippen molar-refractivity contribution in [2.24, 2.45) is 0 Å². The van der Waals surface area contributed by atoms with Crippen LogP contribution in [0.2, 0.25) is 0 Å². The lowest BCUT2D eigenvalue weighted by atomic mass is 10.2. The summed E-state index contributed by atoms with van der Waals surface area (Å²) in [5.41, 5.74) is 1.60. The van der Waals surface area contributed by atoms with Crippen LogP contribution in [0.3, 0.4) is 0 Å². The van der Waals surface area contributed by atoms with Gasteiger partial charge >= 0.3 is 0 Å². The Kier molecular flexibility index (Phi) is 4.81. The fourth-order valence-electron chi connectivity index (χ4n) is 2.17. The molecule has 0 aliphatic heterocycles. The van der Waals surface area contributed by atoms with E-state index in [-0.39, 0.29) is 5.69 Å². The third-order valence-electron chi connectivity index (χ3n) is 3.20. The monoisotopic (exact) mass is 289 g/mol. The molecule has 21 heavy (non-hydrogen) atoms. The average Bonchev–Trinajstić information content (AvgIpc) is 2.93. The minimum atomic E-state index is -0.399. The van der Waals surface area contributed by atoms with Crippen LogP contribution >= 0.6 is 0 Å². The first-order valence-electron chi connectivity index (χ1n) is 6.94. The summed E-state index contributed by atoms with van der Waals surface area (Å²) < 4.78 is 7.39. The molecular weight excluding hydrogens is 270 g/mol. The van der Waals surface area contributed by atoms with Gasteiger partial charge in [0.2, 0.25) is 0 Å². The summed E-state index contributed by atoms with van der Waals surface area (Å²) in [7, 11) is 0. The highest BCUT2D eigenvalue weighted by Crippen LogP contribution is 2.29. The number of hydrogen-bond acceptors (Lipinski definition) is 4. The van der Waals surface area contributed by atoms with Crippen molar-refractivity contribution in [3.05, 3.63) is 52.3 Å². The lowest BCUT2D eigenvalue weighted by Crippen LogP contribution is -2.07. The topological polar surface area (TPSA) is 69.3 Å². The van der Waals surface area contributed by atoms with Gasteiger partial charge in [-0.25, -0.2) is 0 Å². The lowest BCUT2D eigenvalue weighted by Gasteiger charge is -2.11. The molecule has 1 aromatic heterocycles. The molecule has 0 aliphatic rings. The van der Waals surface area contributed by atoms with Crippen molar-refractivity contribution >= 4 is 11.4 Å². The zero-order chi connectivity index (χ0) is 15.2. The summed E-state index contributed by atoms with van der Waals surface area (Å²) in [5, 5.41) is 14.3. The van der Waals surface area contributed by atoms with Crippen molar-refractivity contribution in [3.63, 3.8) is 0 Å². The van der Waals surface area contributed by atoms with E-state index in [0.29, 0.717) is 24.6 Å². The first kappa shape index (κ1) is 14.9. The van der Waals surface area contributed by atoms with Gasteiger partial charge in [-0.1, -0.05) is 0 Å². The number of nitrogens with one attached hydrogen (secondary N) is 1. The van der Waals surface area contributed by atoms with E-state index in [1.54, 1.807) is 12.1 Å². The van der Waals surface area contributed by atoms with Crippen LogP contribution in [-0.4, -0.2) is 16.1 Å². The van der Waals surface area contributed by atoms with Crippen molar-refractivity contribution in [2.45, 2.75) is 26.9 Å². The van der Waals surface area contributed by atoms with Crippen LogP contribution in [-0.2, 0) is 13.1 Å². The van der Waals surface area contributed by atoms with Gasteiger partial charge in [-0.15, -0.1) is 0 Å². The number of nitrogens with zero attached hydrogens (tertiary/aromatic N) is 2. The molecule has 6 heteroatoms. The Morgan fingerprint density at radius 1 is 1.33 bits per heavy atom. The van der Waals surface area contributed by atoms with E-state index in [1.807, 2.05) is 25.3 Å². The van der Waals surface area contributed by atoms with Crippen LogP contribution in [0.15, 0.2) is 36.5 Å². The van der Waals surface area contributed by atoms with E-state index >= 15 is 0 Å². The van der Waals surface area contributed by atoms with Crippen LogP contribution < -0.4 is 10.1 Å².